The van der Waals surface area contributed by atoms with Crippen LogP contribution >= 0.6 is 11.6 Å². The maximum atomic E-state index is 6.29. The first kappa shape index (κ1) is 15.6. The Labute approximate surface area is 139 Å². The molecule has 7 heteroatoms. The zero-order valence-corrected chi connectivity index (χ0v) is 14.1. The van der Waals surface area contributed by atoms with Gasteiger partial charge in [0, 0.05) is 22.1 Å². The van der Waals surface area contributed by atoms with Crippen LogP contribution in [0.25, 0.3) is 11.3 Å². The lowest BCUT2D eigenvalue weighted by atomic mass is 9.70. The van der Waals surface area contributed by atoms with Crippen LogP contribution in [0.5, 0.6) is 5.75 Å². The second-order valence-corrected chi connectivity index (χ2v) is 6.17. The molecule has 0 aliphatic heterocycles. The van der Waals surface area contributed by atoms with Gasteiger partial charge in [0.15, 0.2) is 0 Å². The van der Waals surface area contributed by atoms with E-state index < -0.39 is 5.41 Å². The van der Waals surface area contributed by atoms with Gasteiger partial charge in [-0.2, -0.15) is 0 Å². The van der Waals surface area contributed by atoms with E-state index in [1.807, 2.05) is 19.9 Å². The van der Waals surface area contributed by atoms with Crippen LogP contribution in [-0.4, -0.2) is 29.9 Å². The molecule has 1 aliphatic carbocycles. The fraction of sp³-hybridized carbons (Fsp3) is 0.312. The van der Waals surface area contributed by atoms with Crippen LogP contribution in [-0.2, 0) is 10.3 Å². The molecule has 0 amide bonds. The number of aromatic nitrogens is 2. The average Bonchev–Trinajstić information content (AvgIpc) is 2.51. The average molecular weight is 333 g/mol. The van der Waals surface area contributed by atoms with Crippen molar-refractivity contribution in [3.05, 3.63) is 34.6 Å². The Morgan fingerprint density at radius 3 is 2.57 bits per heavy atom. The molecule has 0 atom stereocenters. The van der Waals surface area contributed by atoms with Crippen molar-refractivity contribution < 1.29 is 9.57 Å². The number of anilines is 1. The van der Waals surface area contributed by atoms with Gasteiger partial charge in [0.25, 0.3) is 0 Å². The van der Waals surface area contributed by atoms with E-state index in [9.17, 15) is 0 Å². The minimum atomic E-state index is -0.525. The number of nitrogens with two attached hydrogens (primary N) is 1. The number of halogens is 1. The number of methoxy groups -OCH3 is 1. The quantitative estimate of drug-likeness (QED) is 0.855. The van der Waals surface area contributed by atoms with E-state index in [1.165, 1.54) is 13.4 Å². The highest BCUT2D eigenvalue weighted by atomic mass is 35.5. The molecule has 2 N–H and O–H groups in total. The number of hydrogen-bond acceptors (Lipinski definition) is 6. The number of benzene rings is 1. The van der Waals surface area contributed by atoms with Crippen molar-refractivity contribution in [2.75, 3.05) is 20.0 Å². The zero-order chi connectivity index (χ0) is 16.8. The summed E-state index contributed by atoms with van der Waals surface area (Å²) in [6.45, 7) is 4.01. The van der Waals surface area contributed by atoms with Gasteiger partial charge < -0.3 is 15.3 Å². The summed E-state index contributed by atoms with van der Waals surface area (Å²) in [6.07, 6.45) is 1.45. The summed E-state index contributed by atoms with van der Waals surface area (Å²) < 4.78 is 5.33. The summed E-state index contributed by atoms with van der Waals surface area (Å²) in [5.74, 6) is 0.983. The number of nitrogens with zero attached hydrogens (tertiary/aromatic N) is 3. The van der Waals surface area contributed by atoms with Crippen LogP contribution in [0.2, 0.25) is 5.02 Å². The third kappa shape index (κ3) is 2.21. The van der Waals surface area contributed by atoms with E-state index in [2.05, 4.69) is 15.1 Å². The molecule has 1 heterocycles. The highest BCUT2D eigenvalue weighted by Crippen LogP contribution is 2.46. The largest absolute Gasteiger partial charge is 0.495 e. The Bertz CT molecular complexity index is 818. The summed E-state index contributed by atoms with van der Waals surface area (Å²) in [6, 6.07) is 3.65. The minimum absolute atomic E-state index is 0.418. The maximum Gasteiger partial charge on any atom is 0.138 e. The predicted octanol–water partition coefficient (Wildman–Crippen LogP) is 3.03. The smallest absolute Gasteiger partial charge is 0.138 e. The van der Waals surface area contributed by atoms with Gasteiger partial charge in [-0.25, -0.2) is 9.97 Å². The lowest BCUT2D eigenvalue weighted by molar-refractivity contribution is 0.211. The third-order valence-corrected chi connectivity index (χ3v) is 4.37. The van der Waals surface area contributed by atoms with Crippen LogP contribution in [0.4, 0.5) is 5.82 Å². The van der Waals surface area contributed by atoms with E-state index in [-0.39, 0.29) is 0 Å². The number of oxime groups is 1. The molecule has 0 fully saturated rings. The van der Waals surface area contributed by atoms with Crippen molar-refractivity contribution in [3.63, 3.8) is 0 Å². The fourth-order valence-corrected chi connectivity index (χ4v) is 3.27. The van der Waals surface area contributed by atoms with E-state index in [0.717, 1.165) is 28.1 Å². The molecule has 0 saturated heterocycles. The van der Waals surface area contributed by atoms with Gasteiger partial charge in [0.1, 0.15) is 25.0 Å². The second-order valence-electron chi connectivity index (χ2n) is 5.76. The summed E-state index contributed by atoms with van der Waals surface area (Å²) in [5, 5.41) is 4.72. The molecule has 1 aromatic heterocycles. The third-order valence-electron chi connectivity index (χ3n) is 4.08. The van der Waals surface area contributed by atoms with E-state index >= 15 is 0 Å². The summed E-state index contributed by atoms with van der Waals surface area (Å²) >= 11 is 6.29. The van der Waals surface area contributed by atoms with Crippen molar-refractivity contribution >= 4 is 23.1 Å². The molecule has 2 aromatic rings. The summed E-state index contributed by atoms with van der Waals surface area (Å²) in [5.41, 5.74) is 9.55. The molecule has 120 valence electrons. The monoisotopic (exact) mass is 332 g/mol. The SMILES string of the molecule is CO/N=C1\c2cc(OC)c(Cl)cc2-c2ncnc(N)c2C1(C)C. The van der Waals surface area contributed by atoms with E-state index in [1.54, 1.807) is 13.2 Å². The number of fused-ring (bicyclic) bond motifs is 3. The van der Waals surface area contributed by atoms with Crippen LogP contribution < -0.4 is 10.5 Å². The van der Waals surface area contributed by atoms with E-state index in [0.29, 0.717) is 16.6 Å². The lowest BCUT2D eigenvalue weighted by Crippen LogP contribution is -2.36. The zero-order valence-electron chi connectivity index (χ0n) is 13.3. The molecular weight excluding hydrogens is 316 g/mol. The first-order chi connectivity index (χ1) is 10.9. The number of ether oxygens (including phenoxy) is 1. The van der Waals surface area contributed by atoms with Gasteiger partial charge in [-0.1, -0.05) is 16.8 Å². The van der Waals surface area contributed by atoms with Gasteiger partial charge in [-0.15, -0.1) is 0 Å². The number of nitrogen functional groups attached to an aromatic ring is 1. The normalized spacial score (nSPS) is 16.7. The molecule has 0 unspecified atom stereocenters. The van der Waals surface area contributed by atoms with Crippen molar-refractivity contribution in [1.29, 1.82) is 0 Å². The Hall–Kier alpha value is -2.34. The molecule has 1 aliphatic rings. The predicted molar refractivity (Wildman–Crippen MR) is 90.0 cm³/mol. The summed E-state index contributed by atoms with van der Waals surface area (Å²) in [7, 11) is 3.08. The molecule has 0 bridgehead atoms. The van der Waals surface area contributed by atoms with Crippen molar-refractivity contribution in [1.82, 2.24) is 9.97 Å². The molecule has 23 heavy (non-hydrogen) atoms. The van der Waals surface area contributed by atoms with Crippen LogP contribution in [0.1, 0.15) is 25.0 Å². The molecule has 0 saturated carbocycles. The Kier molecular flexibility index (Phi) is 3.64. The van der Waals surface area contributed by atoms with Crippen molar-refractivity contribution in [3.8, 4) is 17.0 Å². The minimum Gasteiger partial charge on any atom is -0.495 e. The van der Waals surface area contributed by atoms with Crippen LogP contribution in [0.15, 0.2) is 23.6 Å². The first-order valence-corrected chi connectivity index (χ1v) is 7.40. The second kappa shape index (κ2) is 5.38. The Morgan fingerprint density at radius 1 is 1.17 bits per heavy atom. The molecule has 6 nitrogen and oxygen atoms in total. The van der Waals surface area contributed by atoms with Crippen LogP contribution in [0, 0.1) is 0 Å². The van der Waals surface area contributed by atoms with Crippen molar-refractivity contribution in [2.45, 2.75) is 19.3 Å². The molecule has 0 spiro atoms. The first-order valence-electron chi connectivity index (χ1n) is 7.02. The van der Waals surface area contributed by atoms with Gasteiger partial charge in [0.2, 0.25) is 0 Å². The van der Waals surface area contributed by atoms with Gasteiger partial charge in [0.05, 0.1) is 23.5 Å². The van der Waals surface area contributed by atoms with Crippen molar-refractivity contribution in [2.24, 2.45) is 5.16 Å². The lowest BCUT2D eigenvalue weighted by Gasteiger charge is -2.34. The van der Waals surface area contributed by atoms with Gasteiger partial charge >= 0.3 is 0 Å². The highest BCUT2D eigenvalue weighted by molar-refractivity contribution is 6.33. The molecular formula is C16H17ClN4O2. The van der Waals surface area contributed by atoms with E-state index in [4.69, 9.17) is 26.9 Å². The number of rotatable bonds is 2. The highest BCUT2D eigenvalue weighted by Gasteiger charge is 2.41. The maximum absolute atomic E-state index is 6.29. The molecule has 0 radical (unpaired) electrons. The standard InChI is InChI=1S/C16H17ClN4O2/c1-16(2)12-13(19-7-20-15(12)18)8-5-10(17)11(22-3)6-9(8)14(16)21-23-4/h5-7H,1-4H3,(H2,18,19,20)/b21-14+. The van der Waals surface area contributed by atoms with Gasteiger partial charge in [-0.05, 0) is 26.0 Å². The number of hydrogen-bond donors (Lipinski definition) is 1. The Morgan fingerprint density at radius 2 is 1.91 bits per heavy atom. The van der Waals surface area contributed by atoms with Gasteiger partial charge in [-0.3, -0.25) is 0 Å². The molecule has 1 aromatic carbocycles. The summed E-state index contributed by atoms with van der Waals surface area (Å²) in [4.78, 5) is 13.6. The molecule has 3 rings (SSSR count). The Balaban J connectivity index is 2.44. The fourth-order valence-electron chi connectivity index (χ4n) is 3.03. The van der Waals surface area contributed by atoms with Crippen LogP contribution in [0.3, 0.4) is 0 Å². The topological polar surface area (TPSA) is 82.6 Å².